The Morgan fingerprint density at radius 1 is 1.27 bits per heavy atom. The molecular formula is C15H19N5O2. The number of anilines is 1. The zero-order chi connectivity index (χ0) is 15.7. The van der Waals surface area contributed by atoms with E-state index in [1.807, 2.05) is 13.0 Å². The van der Waals surface area contributed by atoms with Gasteiger partial charge in [0.05, 0.1) is 18.8 Å². The van der Waals surface area contributed by atoms with Crippen molar-refractivity contribution in [3.63, 3.8) is 0 Å². The van der Waals surface area contributed by atoms with Crippen LogP contribution in [0.25, 0.3) is 11.0 Å². The fourth-order valence-electron chi connectivity index (χ4n) is 2.45. The molecule has 0 bridgehead atoms. The molecule has 1 saturated heterocycles. The van der Waals surface area contributed by atoms with Crippen molar-refractivity contribution in [1.29, 1.82) is 0 Å². The topological polar surface area (TPSA) is 71.5 Å². The van der Waals surface area contributed by atoms with Crippen molar-refractivity contribution in [2.24, 2.45) is 0 Å². The lowest BCUT2D eigenvalue weighted by Crippen LogP contribution is -2.38. The van der Waals surface area contributed by atoms with E-state index in [0.29, 0.717) is 36.1 Å². The summed E-state index contributed by atoms with van der Waals surface area (Å²) >= 11 is 0. The number of hydrogen-bond acceptors (Lipinski definition) is 6. The van der Waals surface area contributed by atoms with Gasteiger partial charge in [0.2, 0.25) is 0 Å². The molecular weight excluding hydrogens is 282 g/mol. The molecule has 7 nitrogen and oxygen atoms in total. The van der Waals surface area contributed by atoms with Crippen LogP contribution in [-0.2, 0) is 4.74 Å². The maximum Gasteiger partial charge on any atom is 0.257 e. The van der Waals surface area contributed by atoms with Gasteiger partial charge < -0.3 is 14.5 Å². The molecule has 1 amide bonds. The third kappa shape index (κ3) is 2.71. The van der Waals surface area contributed by atoms with Gasteiger partial charge in [-0.1, -0.05) is 0 Å². The second-order valence-corrected chi connectivity index (χ2v) is 5.49. The Morgan fingerprint density at radius 3 is 2.68 bits per heavy atom. The molecule has 116 valence electrons. The van der Waals surface area contributed by atoms with Gasteiger partial charge in [-0.15, -0.1) is 0 Å². The van der Waals surface area contributed by atoms with Crippen LogP contribution in [0.15, 0.2) is 12.3 Å². The quantitative estimate of drug-likeness (QED) is 0.820. The first-order valence-electron chi connectivity index (χ1n) is 7.25. The Hall–Kier alpha value is -2.28. The Balaban J connectivity index is 2.16. The zero-order valence-electron chi connectivity index (χ0n) is 13.0. The molecule has 0 aromatic carbocycles. The number of pyridine rings is 1. The third-order valence-electron chi connectivity index (χ3n) is 3.62. The molecule has 1 aliphatic rings. The number of hydrogen-bond donors (Lipinski definition) is 0. The van der Waals surface area contributed by atoms with Gasteiger partial charge in [0.25, 0.3) is 5.91 Å². The zero-order valence-corrected chi connectivity index (χ0v) is 13.0. The lowest BCUT2D eigenvalue weighted by Gasteiger charge is -2.29. The Kier molecular flexibility index (Phi) is 3.89. The van der Waals surface area contributed by atoms with Crippen molar-refractivity contribution in [2.45, 2.75) is 6.92 Å². The average Bonchev–Trinajstić information content (AvgIpc) is 2.53. The molecule has 0 spiro atoms. The number of aromatic nitrogens is 3. The summed E-state index contributed by atoms with van der Waals surface area (Å²) in [7, 11) is 3.47. The Morgan fingerprint density at radius 2 is 2.00 bits per heavy atom. The second-order valence-electron chi connectivity index (χ2n) is 5.49. The minimum Gasteiger partial charge on any atom is -0.378 e. The normalized spacial score (nSPS) is 15.1. The van der Waals surface area contributed by atoms with Gasteiger partial charge in [-0.05, 0) is 13.0 Å². The Labute approximate surface area is 128 Å². The third-order valence-corrected chi connectivity index (χ3v) is 3.62. The minimum absolute atomic E-state index is 0.0727. The van der Waals surface area contributed by atoms with E-state index in [1.54, 1.807) is 25.2 Å². The maximum atomic E-state index is 12.5. The second kappa shape index (κ2) is 5.84. The molecule has 0 aliphatic carbocycles. The van der Waals surface area contributed by atoms with Gasteiger partial charge in [-0.25, -0.2) is 15.0 Å². The lowest BCUT2D eigenvalue weighted by atomic mass is 10.1. The molecule has 3 rings (SSSR count). The number of carbonyl (C=O) groups excluding carboxylic acids is 1. The predicted octanol–water partition coefficient (Wildman–Crippen LogP) is 0.872. The van der Waals surface area contributed by atoms with Gasteiger partial charge in [0.1, 0.15) is 11.6 Å². The van der Waals surface area contributed by atoms with E-state index in [2.05, 4.69) is 19.9 Å². The number of rotatable bonds is 2. The van der Waals surface area contributed by atoms with Crippen LogP contribution in [0.5, 0.6) is 0 Å². The van der Waals surface area contributed by atoms with E-state index in [-0.39, 0.29) is 5.91 Å². The molecule has 1 fully saturated rings. The molecule has 0 atom stereocenters. The molecule has 2 aromatic rings. The van der Waals surface area contributed by atoms with Crippen molar-refractivity contribution in [3.05, 3.63) is 23.7 Å². The highest BCUT2D eigenvalue weighted by molar-refractivity contribution is 6.01. The van der Waals surface area contributed by atoms with Crippen molar-refractivity contribution in [3.8, 4) is 0 Å². The van der Waals surface area contributed by atoms with Crippen molar-refractivity contribution >= 4 is 22.8 Å². The van der Waals surface area contributed by atoms with Gasteiger partial charge in [0.15, 0.2) is 5.65 Å². The Bertz CT molecular complexity index is 710. The van der Waals surface area contributed by atoms with E-state index in [9.17, 15) is 4.79 Å². The van der Waals surface area contributed by atoms with Gasteiger partial charge in [0, 0.05) is 38.8 Å². The average molecular weight is 301 g/mol. The summed E-state index contributed by atoms with van der Waals surface area (Å²) in [5.41, 5.74) is 1.19. The molecule has 22 heavy (non-hydrogen) atoms. The number of morpholine rings is 1. The minimum atomic E-state index is -0.0727. The summed E-state index contributed by atoms with van der Waals surface area (Å²) in [5, 5.41) is 0.771. The van der Waals surface area contributed by atoms with E-state index < -0.39 is 0 Å². The fourth-order valence-corrected chi connectivity index (χ4v) is 2.45. The van der Waals surface area contributed by atoms with Crippen molar-refractivity contribution < 1.29 is 9.53 Å². The fraction of sp³-hybridized carbons (Fsp3) is 0.467. The number of ether oxygens (including phenoxy) is 1. The summed E-state index contributed by atoms with van der Waals surface area (Å²) in [5.74, 6) is 1.27. The molecule has 7 heteroatoms. The van der Waals surface area contributed by atoms with Gasteiger partial charge in [-0.2, -0.15) is 0 Å². The lowest BCUT2D eigenvalue weighted by molar-refractivity contribution is 0.0826. The molecule has 1 aliphatic heterocycles. The first-order chi connectivity index (χ1) is 10.6. The maximum absolute atomic E-state index is 12.5. The molecule has 0 N–H and O–H groups in total. The van der Waals surface area contributed by atoms with Crippen LogP contribution in [0.3, 0.4) is 0 Å². The van der Waals surface area contributed by atoms with Crippen LogP contribution >= 0.6 is 0 Å². The largest absolute Gasteiger partial charge is 0.378 e. The van der Waals surface area contributed by atoms with E-state index in [1.165, 1.54) is 0 Å². The van der Waals surface area contributed by atoms with Crippen LogP contribution in [0, 0.1) is 6.92 Å². The summed E-state index contributed by atoms with van der Waals surface area (Å²) in [6, 6.07) is 1.83. The molecule has 3 heterocycles. The summed E-state index contributed by atoms with van der Waals surface area (Å²) < 4.78 is 5.39. The number of nitrogens with zero attached hydrogens (tertiary/aromatic N) is 5. The number of aryl methyl sites for hydroxylation is 1. The van der Waals surface area contributed by atoms with Gasteiger partial charge >= 0.3 is 0 Å². The van der Waals surface area contributed by atoms with Crippen LogP contribution in [0.1, 0.15) is 16.2 Å². The highest BCUT2D eigenvalue weighted by Crippen LogP contribution is 2.24. The first kappa shape index (κ1) is 14.6. The highest BCUT2D eigenvalue weighted by Gasteiger charge is 2.22. The molecule has 0 radical (unpaired) electrons. The van der Waals surface area contributed by atoms with Crippen LogP contribution in [0.2, 0.25) is 0 Å². The summed E-state index contributed by atoms with van der Waals surface area (Å²) in [4.78, 5) is 29.3. The van der Waals surface area contributed by atoms with E-state index in [0.717, 1.165) is 18.5 Å². The van der Waals surface area contributed by atoms with E-state index in [4.69, 9.17) is 4.74 Å². The first-order valence-corrected chi connectivity index (χ1v) is 7.25. The van der Waals surface area contributed by atoms with Crippen LogP contribution < -0.4 is 4.90 Å². The predicted molar refractivity (Wildman–Crippen MR) is 83.1 cm³/mol. The van der Waals surface area contributed by atoms with Crippen molar-refractivity contribution in [1.82, 2.24) is 19.9 Å². The molecule has 2 aromatic heterocycles. The summed E-state index contributed by atoms with van der Waals surface area (Å²) in [6.45, 7) is 4.54. The smallest absolute Gasteiger partial charge is 0.257 e. The monoisotopic (exact) mass is 301 g/mol. The molecule has 0 unspecified atom stereocenters. The SMILES string of the molecule is Cc1ncc2cc(C(=O)N(C)C)c(N3CCOCC3)nc2n1. The van der Waals surface area contributed by atoms with Crippen molar-refractivity contribution in [2.75, 3.05) is 45.3 Å². The summed E-state index contributed by atoms with van der Waals surface area (Å²) in [6.07, 6.45) is 1.71. The molecule has 0 saturated carbocycles. The number of amides is 1. The highest BCUT2D eigenvalue weighted by atomic mass is 16.5. The van der Waals surface area contributed by atoms with Crippen LogP contribution in [0.4, 0.5) is 5.82 Å². The number of fused-ring (bicyclic) bond motifs is 1. The standard InChI is InChI=1S/C15H19N5O2/c1-10-16-9-11-8-12(15(21)19(2)3)14(18-13(11)17-10)20-4-6-22-7-5-20/h8-9H,4-7H2,1-3H3. The van der Waals surface area contributed by atoms with Crippen LogP contribution in [-0.4, -0.2) is 66.2 Å². The van der Waals surface area contributed by atoms with Gasteiger partial charge in [-0.3, -0.25) is 4.79 Å². The van der Waals surface area contributed by atoms with E-state index >= 15 is 0 Å². The number of carbonyl (C=O) groups is 1.